The Morgan fingerprint density at radius 3 is 2.86 bits per heavy atom. The van der Waals surface area contributed by atoms with Gasteiger partial charge in [-0.15, -0.1) is 5.10 Å². The van der Waals surface area contributed by atoms with Crippen LogP contribution in [0.3, 0.4) is 0 Å². The maximum atomic E-state index is 10.5. The Labute approximate surface area is 88.7 Å². The number of nitrogens with zero attached hydrogens (tertiary/aromatic N) is 3. The van der Waals surface area contributed by atoms with Gasteiger partial charge in [-0.1, -0.05) is 5.21 Å². The third kappa shape index (κ3) is 1.58. The summed E-state index contributed by atoms with van der Waals surface area (Å²) in [6.07, 6.45) is 4.14. The zero-order chi connectivity index (χ0) is 9.97. The Bertz CT molecular complexity index is 453. The van der Waals surface area contributed by atoms with E-state index in [9.17, 15) is 4.79 Å². The highest BCUT2D eigenvalue weighted by molar-refractivity contribution is 9.10. The summed E-state index contributed by atoms with van der Waals surface area (Å²) in [5, 5.41) is 7.56. The average Bonchev–Trinajstić information content (AvgIpc) is 2.70. The monoisotopic (exact) mass is 251 g/mol. The third-order valence-corrected chi connectivity index (χ3v) is 2.41. The quantitative estimate of drug-likeness (QED) is 0.766. The molecule has 5 heteroatoms. The maximum Gasteiger partial charge on any atom is 0.150 e. The summed E-state index contributed by atoms with van der Waals surface area (Å²) in [6.45, 7) is 0. The van der Waals surface area contributed by atoms with Crippen LogP contribution in [0.2, 0.25) is 0 Å². The van der Waals surface area contributed by atoms with E-state index in [0.29, 0.717) is 5.56 Å². The maximum absolute atomic E-state index is 10.5. The van der Waals surface area contributed by atoms with Gasteiger partial charge >= 0.3 is 0 Å². The Balaban J connectivity index is 2.51. The first-order chi connectivity index (χ1) is 6.81. The molecule has 0 amide bonds. The van der Waals surface area contributed by atoms with Crippen molar-refractivity contribution < 1.29 is 4.79 Å². The van der Waals surface area contributed by atoms with Crippen molar-refractivity contribution in [2.24, 2.45) is 0 Å². The van der Waals surface area contributed by atoms with Gasteiger partial charge in [0.2, 0.25) is 0 Å². The number of hydrogen-bond donors (Lipinski definition) is 0. The van der Waals surface area contributed by atoms with E-state index in [1.54, 1.807) is 29.2 Å². The van der Waals surface area contributed by atoms with Crippen molar-refractivity contribution in [1.82, 2.24) is 15.0 Å². The van der Waals surface area contributed by atoms with Gasteiger partial charge in [0.25, 0.3) is 0 Å². The average molecular weight is 252 g/mol. The lowest BCUT2D eigenvalue weighted by atomic mass is 10.2. The Morgan fingerprint density at radius 2 is 2.29 bits per heavy atom. The Kier molecular flexibility index (Phi) is 2.41. The minimum Gasteiger partial charge on any atom is -0.298 e. The van der Waals surface area contributed by atoms with Crippen molar-refractivity contribution in [3.05, 3.63) is 40.6 Å². The fourth-order valence-electron chi connectivity index (χ4n) is 1.12. The molecule has 1 aromatic carbocycles. The van der Waals surface area contributed by atoms with Crippen LogP contribution in [0.4, 0.5) is 0 Å². The number of hydrogen-bond acceptors (Lipinski definition) is 3. The molecule has 0 aliphatic carbocycles. The number of halogens is 1. The van der Waals surface area contributed by atoms with Crippen LogP contribution in [-0.4, -0.2) is 21.3 Å². The molecule has 0 unspecified atom stereocenters. The number of aromatic nitrogens is 3. The van der Waals surface area contributed by atoms with Gasteiger partial charge < -0.3 is 0 Å². The van der Waals surface area contributed by atoms with Gasteiger partial charge in [0.15, 0.2) is 0 Å². The van der Waals surface area contributed by atoms with Crippen LogP contribution in [0.15, 0.2) is 35.1 Å². The van der Waals surface area contributed by atoms with Crippen molar-refractivity contribution in [2.45, 2.75) is 0 Å². The predicted molar refractivity (Wildman–Crippen MR) is 54.4 cm³/mol. The highest BCUT2D eigenvalue weighted by atomic mass is 79.9. The summed E-state index contributed by atoms with van der Waals surface area (Å²) in [7, 11) is 0. The minimum absolute atomic E-state index is 0.626. The zero-order valence-corrected chi connectivity index (χ0v) is 8.68. The first kappa shape index (κ1) is 9.08. The molecular weight excluding hydrogens is 246 g/mol. The molecule has 0 N–H and O–H groups in total. The molecule has 0 aliphatic heterocycles. The summed E-state index contributed by atoms with van der Waals surface area (Å²) in [5.41, 5.74) is 1.48. The molecule has 1 heterocycles. The molecule has 0 spiro atoms. The minimum atomic E-state index is 0.626. The molecule has 14 heavy (non-hydrogen) atoms. The van der Waals surface area contributed by atoms with Crippen LogP contribution < -0.4 is 0 Å². The lowest BCUT2D eigenvalue weighted by molar-refractivity contribution is 0.112. The topological polar surface area (TPSA) is 47.8 Å². The van der Waals surface area contributed by atoms with Gasteiger partial charge in [0.1, 0.15) is 6.29 Å². The summed E-state index contributed by atoms with van der Waals surface area (Å²) in [6, 6.07) is 5.28. The van der Waals surface area contributed by atoms with E-state index in [1.165, 1.54) is 0 Å². The zero-order valence-electron chi connectivity index (χ0n) is 7.09. The number of benzene rings is 1. The van der Waals surface area contributed by atoms with E-state index in [4.69, 9.17) is 0 Å². The molecular formula is C9H6BrN3O. The van der Waals surface area contributed by atoms with Crippen LogP contribution in [0, 0.1) is 0 Å². The highest BCUT2D eigenvalue weighted by Gasteiger charge is 2.03. The Morgan fingerprint density at radius 1 is 1.43 bits per heavy atom. The van der Waals surface area contributed by atoms with E-state index in [-0.39, 0.29) is 0 Å². The second-order valence-corrected chi connectivity index (χ2v) is 3.53. The molecule has 0 saturated heterocycles. The molecule has 4 nitrogen and oxygen atoms in total. The molecule has 1 aromatic heterocycles. The molecule has 0 radical (unpaired) electrons. The van der Waals surface area contributed by atoms with E-state index < -0.39 is 0 Å². The number of rotatable bonds is 2. The van der Waals surface area contributed by atoms with Crippen LogP contribution in [-0.2, 0) is 0 Å². The lowest BCUT2D eigenvalue weighted by Crippen LogP contribution is -1.96. The smallest absolute Gasteiger partial charge is 0.150 e. The molecule has 2 rings (SSSR count). The predicted octanol–water partition coefficient (Wildman–Crippen LogP) is 1.84. The summed E-state index contributed by atoms with van der Waals surface area (Å²) >= 11 is 3.36. The first-order valence-corrected chi connectivity index (χ1v) is 4.72. The van der Waals surface area contributed by atoms with Gasteiger partial charge in [-0.3, -0.25) is 4.79 Å². The molecule has 0 bridgehead atoms. The normalized spacial score (nSPS) is 10.1. The van der Waals surface area contributed by atoms with Crippen LogP contribution in [0.1, 0.15) is 10.4 Å². The molecule has 0 atom stereocenters. The second-order valence-electron chi connectivity index (χ2n) is 2.68. The molecule has 0 aliphatic rings. The van der Waals surface area contributed by atoms with E-state index in [0.717, 1.165) is 16.4 Å². The standard InChI is InChI=1S/C9H6BrN3O/c10-8-5-7(6-14)1-2-9(8)13-4-3-11-12-13/h1-6H. The van der Waals surface area contributed by atoms with Crippen molar-refractivity contribution in [1.29, 1.82) is 0 Å². The van der Waals surface area contributed by atoms with Crippen LogP contribution in [0.5, 0.6) is 0 Å². The van der Waals surface area contributed by atoms with E-state index >= 15 is 0 Å². The highest BCUT2D eigenvalue weighted by Crippen LogP contribution is 2.20. The summed E-state index contributed by atoms with van der Waals surface area (Å²) < 4.78 is 2.44. The number of aldehydes is 1. The third-order valence-electron chi connectivity index (χ3n) is 1.78. The van der Waals surface area contributed by atoms with Gasteiger partial charge in [-0.25, -0.2) is 4.68 Å². The van der Waals surface area contributed by atoms with Crippen molar-refractivity contribution >= 4 is 22.2 Å². The van der Waals surface area contributed by atoms with Crippen molar-refractivity contribution in [2.75, 3.05) is 0 Å². The summed E-state index contributed by atoms with van der Waals surface area (Å²) in [4.78, 5) is 10.5. The molecule has 2 aromatic rings. The number of carbonyl (C=O) groups excluding carboxylic acids is 1. The first-order valence-electron chi connectivity index (χ1n) is 3.92. The Hall–Kier alpha value is -1.49. The SMILES string of the molecule is O=Cc1ccc(-n2ccnn2)c(Br)c1. The summed E-state index contributed by atoms with van der Waals surface area (Å²) in [5.74, 6) is 0. The molecule has 70 valence electrons. The van der Waals surface area contributed by atoms with Gasteiger partial charge in [0, 0.05) is 10.0 Å². The lowest BCUT2D eigenvalue weighted by Gasteiger charge is -2.03. The van der Waals surface area contributed by atoms with E-state index in [2.05, 4.69) is 26.2 Å². The largest absolute Gasteiger partial charge is 0.298 e. The van der Waals surface area contributed by atoms with Crippen LogP contribution >= 0.6 is 15.9 Å². The van der Waals surface area contributed by atoms with Gasteiger partial charge in [0.05, 0.1) is 18.1 Å². The van der Waals surface area contributed by atoms with Gasteiger partial charge in [-0.05, 0) is 34.1 Å². The second kappa shape index (κ2) is 3.71. The number of carbonyl (C=O) groups is 1. The van der Waals surface area contributed by atoms with Crippen LogP contribution in [0.25, 0.3) is 5.69 Å². The van der Waals surface area contributed by atoms with Gasteiger partial charge in [-0.2, -0.15) is 0 Å². The molecule has 0 saturated carbocycles. The molecule has 0 fully saturated rings. The van der Waals surface area contributed by atoms with E-state index in [1.807, 2.05) is 6.07 Å². The fraction of sp³-hybridized carbons (Fsp3) is 0. The van der Waals surface area contributed by atoms with Crippen molar-refractivity contribution in [3.63, 3.8) is 0 Å². The van der Waals surface area contributed by atoms with Crippen molar-refractivity contribution in [3.8, 4) is 5.69 Å². The fourth-order valence-corrected chi connectivity index (χ4v) is 1.70.